The summed E-state index contributed by atoms with van der Waals surface area (Å²) < 4.78 is 30.4. The van der Waals surface area contributed by atoms with Crippen molar-refractivity contribution in [2.24, 2.45) is 0 Å². The Morgan fingerprint density at radius 3 is 2.47 bits per heavy atom. The van der Waals surface area contributed by atoms with Gasteiger partial charge in [0.25, 0.3) is 0 Å². The Balaban J connectivity index is 1.65. The molecule has 2 aliphatic heterocycles. The number of fused-ring (bicyclic) bond motifs is 2. The van der Waals surface area contributed by atoms with Gasteiger partial charge in [-0.3, -0.25) is 14.5 Å². The monoisotopic (exact) mass is 484 g/mol. The topological polar surface area (TPSA) is 75.6 Å². The quantitative estimate of drug-likeness (QED) is 0.510. The number of hydrogen-bond donors (Lipinski definition) is 0. The molecule has 1 unspecified atom stereocenters. The van der Waals surface area contributed by atoms with E-state index in [2.05, 4.69) is 14.7 Å². The minimum absolute atomic E-state index is 0.103. The summed E-state index contributed by atoms with van der Waals surface area (Å²) in [5.41, 5.74) is -1.29. The van der Waals surface area contributed by atoms with E-state index in [4.69, 9.17) is 11.6 Å². The van der Waals surface area contributed by atoms with E-state index in [0.717, 1.165) is 16.7 Å². The highest BCUT2D eigenvalue weighted by Crippen LogP contribution is 2.53. The molecule has 1 atom stereocenters. The molecule has 0 radical (unpaired) electrons. The zero-order valence-electron chi connectivity index (χ0n) is 18.0. The second kappa shape index (κ2) is 8.02. The first-order chi connectivity index (χ1) is 16.2. The molecule has 3 heterocycles. The van der Waals surface area contributed by atoms with E-state index < -0.39 is 11.0 Å². The minimum Gasteiger partial charge on any atom is -0.420 e. The standard InChI is InChI=1S/C24H19ClF2N4O3/c1-15(32)30-10-9-23(13-30)21-19(16-11-28-14-29-12-16)3-2-4-20(21)31(22(23)33)17-5-7-18(8-6-17)34-24(25,26)27/h2-8,11-12,14H,9-10,13H2,1H3. The molecule has 2 aromatic carbocycles. The molecule has 0 saturated carbocycles. The van der Waals surface area contributed by atoms with Gasteiger partial charge in [-0.1, -0.05) is 12.1 Å². The number of nitrogens with zero attached hydrogens (tertiary/aromatic N) is 4. The van der Waals surface area contributed by atoms with Crippen molar-refractivity contribution in [2.45, 2.75) is 24.3 Å². The number of hydrogen-bond acceptors (Lipinski definition) is 5. The van der Waals surface area contributed by atoms with E-state index >= 15 is 0 Å². The first kappa shape index (κ1) is 22.2. The van der Waals surface area contributed by atoms with Crippen molar-refractivity contribution < 1.29 is 23.1 Å². The van der Waals surface area contributed by atoms with Crippen molar-refractivity contribution >= 4 is 34.8 Å². The van der Waals surface area contributed by atoms with Crippen molar-refractivity contribution in [3.63, 3.8) is 0 Å². The Morgan fingerprint density at radius 2 is 1.85 bits per heavy atom. The summed E-state index contributed by atoms with van der Waals surface area (Å²) in [5, 5.41) is 0. The van der Waals surface area contributed by atoms with Crippen LogP contribution in [-0.2, 0) is 15.0 Å². The summed E-state index contributed by atoms with van der Waals surface area (Å²) in [6, 6.07) is 11.3. The third-order valence-electron chi connectivity index (χ3n) is 6.29. The van der Waals surface area contributed by atoms with E-state index in [0.29, 0.717) is 24.3 Å². The molecule has 5 rings (SSSR count). The third kappa shape index (κ3) is 3.66. The van der Waals surface area contributed by atoms with Crippen LogP contribution < -0.4 is 9.64 Å². The number of alkyl halides is 3. The van der Waals surface area contributed by atoms with Crippen LogP contribution in [0.4, 0.5) is 20.2 Å². The van der Waals surface area contributed by atoms with Gasteiger partial charge in [0.05, 0.1) is 11.1 Å². The number of ether oxygens (including phenoxy) is 1. The second-order valence-electron chi connectivity index (χ2n) is 8.28. The summed E-state index contributed by atoms with van der Waals surface area (Å²) in [6.45, 7) is 2.18. The van der Waals surface area contributed by atoms with E-state index in [9.17, 15) is 18.4 Å². The Hall–Kier alpha value is -3.59. The first-order valence-electron chi connectivity index (χ1n) is 10.5. The molecular weight excluding hydrogens is 466 g/mol. The van der Waals surface area contributed by atoms with Crippen LogP contribution in [0.25, 0.3) is 11.1 Å². The molecule has 34 heavy (non-hydrogen) atoms. The van der Waals surface area contributed by atoms with Crippen LogP contribution in [0.3, 0.4) is 0 Å². The van der Waals surface area contributed by atoms with Gasteiger partial charge in [0, 0.05) is 60.8 Å². The highest BCUT2D eigenvalue weighted by molar-refractivity contribution is 6.20. The van der Waals surface area contributed by atoms with Gasteiger partial charge in [0.2, 0.25) is 11.8 Å². The van der Waals surface area contributed by atoms with Gasteiger partial charge in [0.15, 0.2) is 0 Å². The number of benzene rings is 2. The Labute approximate surface area is 198 Å². The SMILES string of the molecule is CC(=O)N1CCC2(C1)C(=O)N(c1ccc(OC(F)(F)Cl)cc1)c1cccc(-c3cncnc3)c12. The van der Waals surface area contributed by atoms with Crippen molar-refractivity contribution in [3.8, 4) is 16.9 Å². The minimum atomic E-state index is -3.84. The average molecular weight is 485 g/mol. The smallest absolute Gasteiger partial charge is 0.420 e. The predicted molar refractivity (Wildman–Crippen MR) is 121 cm³/mol. The van der Waals surface area contributed by atoms with Gasteiger partial charge in [-0.15, -0.1) is 8.78 Å². The van der Waals surface area contributed by atoms with Crippen molar-refractivity contribution in [3.05, 3.63) is 66.7 Å². The van der Waals surface area contributed by atoms with E-state index in [-0.39, 0.29) is 24.1 Å². The molecule has 2 aliphatic rings. The van der Waals surface area contributed by atoms with Crippen LogP contribution >= 0.6 is 11.6 Å². The second-order valence-corrected chi connectivity index (χ2v) is 8.72. The molecular formula is C24H19ClF2N4O3. The third-order valence-corrected chi connectivity index (χ3v) is 6.37. The Kier molecular flexibility index (Phi) is 5.24. The summed E-state index contributed by atoms with van der Waals surface area (Å²) in [7, 11) is 0. The molecule has 10 heteroatoms. The van der Waals surface area contributed by atoms with Crippen LogP contribution in [0.1, 0.15) is 18.9 Å². The van der Waals surface area contributed by atoms with Crippen molar-refractivity contribution in [1.29, 1.82) is 0 Å². The summed E-state index contributed by atoms with van der Waals surface area (Å²) in [4.78, 5) is 37.7. The van der Waals surface area contributed by atoms with Crippen molar-refractivity contribution in [1.82, 2.24) is 14.9 Å². The fraction of sp³-hybridized carbons (Fsp3) is 0.250. The lowest BCUT2D eigenvalue weighted by atomic mass is 9.77. The molecule has 1 aromatic heterocycles. The lowest BCUT2D eigenvalue weighted by Gasteiger charge is -2.25. The highest BCUT2D eigenvalue weighted by atomic mass is 35.5. The maximum atomic E-state index is 14.0. The Bertz CT molecular complexity index is 1270. The van der Waals surface area contributed by atoms with Crippen molar-refractivity contribution in [2.75, 3.05) is 18.0 Å². The van der Waals surface area contributed by atoms with Crippen LogP contribution in [0.2, 0.25) is 0 Å². The van der Waals surface area contributed by atoms with Crippen LogP contribution in [0.15, 0.2) is 61.2 Å². The number of carbonyl (C=O) groups excluding carboxylic acids is 2. The van der Waals surface area contributed by atoms with Crippen LogP contribution in [0, 0.1) is 0 Å². The molecule has 7 nitrogen and oxygen atoms in total. The lowest BCUT2D eigenvalue weighted by Crippen LogP contribution is -2.41. The van der Waals surface area contributed by atoms with Crippen LogP contribution in [0.5, 0.6) is 5.75 Å². The zero-order valence-corrected chi connectivity index (χ0v) is 18.8. The van der Waals surface area contributed by atoms with Gasteiger partial charge in [-0.2, -0.15) is 0 Å². The fourth-order valence-corrected chi connectivity index (χ4v) is 4.94. The number of halogens is 3. The molecule has 3 aromatic rings. The van der Waals surface area contributed by atoms with Gasteiger partial charge < -0.3 is 9.64 Å². The average Bonchev–Trinajstić information content (AvgIpc) is 3.35. The van der Waals surface area contributed by atoms with Gasteiger partial charge in [0.1, 0.15) is 12.1 Å². The number of aromatic nitrogens is 2. The number of likely N-dealkylation sites (tertiary alicyclic amines) is 1. The first-order valence-corrected chi connectivity index (χ1v) is 10.9. The number of rotatable bonds is 4. The largest absolute Gasteiger partial charge is 0.487 e. The molecule has 0 N–H and O–H groups in total. The predicted octanol–water partition coefficient (Wildman–Crippen LogP) is 4.48. The molecule has 1 fully saturated rings. The molecule has 0 aliphatic carbocycles. The van der Waals surface area contributed by atoms with E-state index in [1.54, 1.807) is 22.2 Å². The summed E-state index contributed by atoms with van der Waals surface area (Å²) in [6.07, 6.45) is 5.25. The molecule has 2 amide bonds. The molecule has 0 bridgehead atoms. The molecule has 1 spiro atoms. The summed E-state index contributed by atoms with van der Waals surface area (Å²) in [5.74, 6) is -0.426. The number of anilines is 2. The highest BCUT2D eigenvalue weighted by Gasteiger charge is 2.56. The summed E-state index contributed by atoms with van der Waals surface area (Å²) >= 11 is 4.86. The number of amides is 2. The zero-order chi connectivity index (χ0) is 24.1. The molecule has 1 saturated heterocycles. The maximum absolute atomic E-state index is 14.0. The molecule has 174 valence electrons. The van der Waals surface area contributed by atoms with Gasteiger partial charge in [-0.05, 0) is 42.3 Å². The van der Waals surface area contributed by atoms with Gasteiger partial charge in [-0.25, -0.2) is 9.97 Å². The normalized spacial score (nSPS) is 19.6. The van der Waals surface area contributed by atoms with E-state index in [1.807, 2.05) is 18.2 Å². The van der Waals surface area contributed by atoms with Gasteiger partial charge >= 0.3 is 5.57 Å². The lowest BCUT2D eigenvalue weighted by molar-refractivity contribution is -0.128. The fourth-order valence-electron chi connectivity index (χ4n) is 4.85. The number of carbonyl (C=O) groups is 2. The van der Waals surface area contributed by atoms with Crippen LogP contribution in [-0.4, -0.2) is 45.3 Å². The maximum Gasteiger partial charge on any atom is 0.487 e. The Morgan fingerprint density at radius 1 is 1.15 bits per heavy atom. The van der Waals surface area contributed by atoms with E-state index in [1.165, 1.54) is 37.5 Å².